The number of carbonyl (C=O) groups is 3. The van der Waals surface area contributed by atoms with Crippen LogP contribution in [0.4, 0.5) is 4.79 Å². The molecule has 0 atom stereocenters. The predicted octanol–water partition coefficient (Wildman–Crippen LogP) is 3.01. The van der Waals surface area contributed by atoms with Crippen molar-refractivity contribution >= 4 is 46.2 Å². The number of ether oxygens (including phenoxy) is 1. The lowest BCUT2D eigenvalue weighted by molar-refractivity contribution is -0.137. The summed E-state index contributed by atoms with van der Waals surface area (Å²) >= 11 is 2.38. The lowest BCUT2D eigenvalue weighted by Crippen LogP contribution is -2.52. The van der Waals surface area contributed by atoms with Gasteiger partial charge in [0.2, 0.25) is 5.91 Å². The number of thiophene rings is 1. The minimum Gasteiger partial charge on any atom is -0.492 e. The molecule has 2 fully saturated rings. The van der Waals surface area contributed by atoms with Gasteiger partial charge in [0.05, 0.1) is 4.91 Å². The molecule has 0 spiro atoms. The Labute approximate surface area is 189 Å². The Kier molecular flexibility index (Phi) is 7.06. The molecule has 162 valence electrons. The van der Waals surface area contributed by atoms with Gasteiger partial charge in [0.1, 0.15) is 18.9 Å². The maximum atomic E-state index is 12.7. The first-order valence-corrected chi connectivity index (χ1v) is 11.8. The topological polar surface area (TPSA) is 70.2 Å². The number of hydrogen-bond donors (Lipinski definition) is 0. The molecule has 0 aliphatic carbocycles. The molecule has 0 saturated carbocycles. The van der Waals surface area contributed by atoms with Crippen LogP contribution < -0.4 is 4.74 Å². The monoisotopic (exact) mass is 457 g/mol. The molecule has 4 rings (SSSR count). The molecule has 2 saturated heterocycles. The maximum absolute atomic E-state index is 12.7. The normalized spacial score (nSPS) is 18.8. The second kappa shape index (κ2) is 10.1. The van der Waals surface area contributed by atoms with Crippen molar-refractivity contribution in [1.82, 2.24) is 14.7 Å². The zero-order valence-electron chi connectivity index (χ0n) is 16.9. The quantitative estimate of drug-likeness (QED) is 0.596. The smallest absolute Gasteiger partial charge is 0.294 e. The van der Waals surface area contributed by atoms with E-state index >= 15 is 0 Å². The molecule has 3 heterocycles. The van der Waals surface area contributed by atoms with Gasteiger partial charge in [-0.2, -0.15) is 0 Å². The van der Waals surface area contributed by atoms with Gasteiger partial charge < -0.3 is 9.64 Å². The highest BCUT2D eigenvalue weighted by atomic mass is 32.2. The van der Waals surface area contributed by atoms with Gasteiger partial charge >= 0.3 is 0 Å². The molecule has 3 amide bonds. The lowest BCUT2D eigenvalue weighted by Gasteiger charge is -2.35. The number of thioether (sulfide) groups is 1. The standard InChI is InChI=1S/C22H23N3O4S2/c26-20(16-25-21(27)19(31-22(25)28)15-18-7-4-14-30-18)24-10-8-23(9-11-24)12-13-29-17-5-2-1-3-6-17/h1-7,14-15H,8-13,16H2/b19-15-. The number of nitrogens with zero attached hydrogens (tertiary/aromatic N) is 3. The fraction of sp³-hybridized carbons (Fsp3) is 0.318. The molecule has 1 aromatic carbocycles. The number of benzene rings is 1. The predicted molar refractivity (Wildman–Crippen MR) is 122 cm³/mol. The Balaban J connectivity index is 1.23. The van der Waals surface area contributed by atoms with E-state index in [4.69, 9.17) is 4.74 Å². The maximum Gasteiger partial charge on any atom is 0.294 e. The van der Waals surface area contributed by atoms with Crippen molar-refractivity contribution in [1.29, 1.82) is 0 Å². The number of carbonyl (C=O) groups excluding carboxylic acids is 3. The minimum absolute atomic E-state index is 0.195. The molecule has 2 aliphatic rings. The molecular weight excluding hydrogens is 434 g/mol. The van der Waals surface area contributed by atoms with Crippen LogP contribution in [0.25, 0.3) is 6.08 Å². The third-order valence-electron chi connectivity index (χ3n) is 5.13. The van der Waals surface area contributed by atoms with Crippen LogP contribution in [0, 0.1) is 0 Å². The Morgan fingerprint density at radius 1 is 1.03 bits per heavy atom. The number of piperazine rings is 1. The summed E-state index contributed by atoms with van der Waals surface area (Å²) in [7, 11) is 0. The van der Waals surface area contributed by atoms with Crippen molar-refractivity contribution in [3.63, 3.8) is 0 Å². The Morgan fingerprint density at radius 3 is 2.52 bits per heavy atom. The molecule has 2 aliphatic heterocycles. The van der Waals surface area contributed by atoms with Gasteiger partial charge in [-0.15, -0.1) is 11.3 Å². The molecule has 0 bridgehead atoms. The van der Waals surface area contributed by atoms with Crippen molar-refractivity contribution in [2.45, 2.75) is 0 Å². The van der Waals surface area contributed by atoms with Crippen LogP contribution in [-0.4, -0.2) is 77.6 Å². The van der Waals surface area contributed by atoms with Crippen molar-refractivity contribution in [2.24, 2.45) is 0 Å². The second-order valence-corrected chi connectivity index (χ2v) is 9.14. The minimum atomic E-state index is -0.395. The molecule has 0 radical (unpaired) electrons. The average Bonchev–Trinajstić information content (AvgIpc) is 3.39. The highest BCUT2D eigenvalue weighted by molar-refractivity contribution is 8.18. The zero-order valence-corrected chi connectivity index (χ0v) is 18.6. The van der Waals surface area contributed by atoms with E-state index in [0.29, 0.717) is 24.6 Å². The third kappa shape index (κ3) is 5.55. The second-order valence-electron chi connectivity index (χ2n) is 7.17. The van der Waals surface area contributed by atoms with Crippen molar-refractivity contribution < 1.29 is 19.1 Å². The van der Waals surface area contributed by atoms with Crippen molar-refractivity contribution in [3.8, 4) is 5.75 Å². The average molecular weight is 458 g/mol. The summed E-state index contributed by atoms with van der Waals surface area (Å²) < 4.78 is 5.73. The summed E-state index contributed by atoms with van der Waals surface area (Å²) in [6.45, 7) is 3.80. The fourth-order valence-corrected chi connectivity index (χ4v) is 4.97. The highest BCUT2D eigenvalue weighted by Crippen LogP contribution is 2.32. The van der Waals surface area contributed by atoms with Crippen LogP contribution in [0.5, 0.6) is 5.75 Å². The third-order valence-corrected chi connectivity index (χ3v) is 6.85. The Morgan fingerprint density at radius 2 is 1.81 bits per heavy atom. The summed E-state index contributed by atoms with van der Waals surface area (Å²) in [5, 5.41) is 1.52. The van der Waals surface area contributed by atoms with Crippen LogP contribution in [0.3, 0.4) is 0 Å². The van der Waals surface area contributed by atoms with Crippen molar-refractivity contribution in [2.75, 3.05) is 45.9 Å². The fourth-order valence-electron chi connectivity index (χ4n) is 3.40. The van der Waals surface area contributed by atoms with E-state index in [1.54, 1.807) is 11.0 Å². The van der Waals surface area contributed by atoms with Crippen molar-refractivity contribution in [3.05, 3.63) is 57.6 Å². The molecule has 9 heteroatoms. The molecule has 0 N–H and O–H groups in total. The Hall–Kier alpha value is -2.62. The summed E-state index contributed by atoms with van der Waals surface area (Å²) in [5.74, 6) is 0.259. The van der Waals surface area contributed by atoms with E-state index in [1.807, 2.05) is 47.8 Å². The Bertz CT molecular complexity index is 954. The highest BCUT2D eigenvalue weighted by Gasteiger charge is 2.37. The number of hydrogen-bond acceptors (Lipinski definition) is 7. The zero-order chi connectivity index (χ0) is 21.6. The van der Waals surface area contributed by atoms with Gasteiger partial charge in [-0.3, -0.25) is 24.2 Å². The van der Waals surface area contributed by atoms with E-state index in [9.17, 15) is 14.4 Å². The number of imide groups is 1. The van der Waals surface area contributed by atoms with Gasteiger partial charge in [0.25, 0.3) is 11.1 Å². The van der Waals surface area contributed by atoms with Gasteiger partial charge in [-0.25, -0.2) is 0 Å². The van der Waals surface area contributed by atoms with E-state index in [-0.39, 0.29) is 12.5 Å². The molecule has 2 aromatic rings. The van der Waals surface area contributed by atoms with E-state index < -0.39 is 11.1 Å². The van der Waals surface area contributed by atoms with E-state index in [0.717, 1.165) is 46.9 Å². The van der Waals surface area contributed by atoms with Gasteiger partial charge in [0, 0.05) is 37.6 Å². The first-order chi connectivity index (χ1) is 15.1. The lowest BCUT2D eigenvalue weighted by atomic mass is 10.3. The number of para-hydroxylation sites is 1. The van der Waals surface area contributed by atoms with Gasteiger partial charge in [0.15, 0.2) is 0 Å². The van der Waals surface area contributed by atoms with E-state index in [2.05, 4.69) is 4.90 Å². The van der Waals surface area contributed by atoms with Gasteiger partial charge in [-0.1, -0.05) is 24.3 Å². The van der Waals surface area contributed by atoms with Crippen LogP contribution in [0.15, 0.2) is 52.7 Å². The summed E-state index contributed by atoms with van der Waals surface area (Å²) in [5.41, 5.74) is 0. The summed E-state index contributed by atoms with van der Waals surface area (Å²) in [4.78, 5) is 43.8. The molecule has 7 nitrogen and oxygen atoms in total. The van der Waals surface area contributed by atoms with Crippen LogP contribution >= 0.6 is 23.1 Å². The number of amides is 3. The number of rotatable bonds is 7. The molecule has 31 heavy (non-hydrogen) atoms. The molecule has 0 unspecified atom stereocenters. The van der Waals surface area contributed by atoms with Crippen LogP contribution in [0.2, 0.25) is 0 Å². The summed E-state index contributed by atoms with van der Waals surface area (Å²) in [6.07, 6.45) is 1.70. The van der Waals surface area contributed by atoms with Crippen LogP contribution in [-0.2, 0) is 9.59 Å². The largest absolute Gasteiger partial charge is 0.492 e. The van der Waals surface area contributed by atoms with Crippen LogP contribution in [0.1, 0.15) is 4.88 Å². The first kappa shape index (κ1) is 21.6. The first-order valence-electron chi connectivity index (χ1n) is 10.1. The SMILES string of the molecule is O=C(CN1C(=O)S/C(=C\c2cccs2)C1=O)N1CCN(CCOc2ccccc2)CC1. The molecule has 1 aromatic heterocycles. The molecular formula is C22H23N3O4S2. The summed E-state index contributed by atoms with van der Waals surface area (Å²) in [6, 6.07) is 13.5. The van der Waals surface area contributed by atoms with Gasteiger partial charge in [-0.05, 0) is 41.4 Å². The van der Waals surface area contributed by atoms with E-state index in [1.165, 1.54) is 11.3 Å².